The Bertz CT molecular complexity index is 1030. The van der Waals surface area contributed by atoms with Gasteiger partial charge in [-0.1, -0.05) is 216 Å². The van der Waals surface area contributed by atoms with Crippen LogP contribution in [-0.2, 0) is 4.79 Å². The molecule has 0 aliphatic rings. The summed E-state index contributed by atoms with van der Waals surface area (Å²) in [7, 11) is 4.33. The first-order valence-electron chi connectivity index (χ1n) is 27.4. The van der Waals surface area contributed by atoms with Crippen molar-refractivity contribution in [3.63, 3.8) is 0 Å². The summed E-state index contributed by atoms with van der Waals surface area (Å²) in [6, 6.07) is 0.412. The van der Waals surface area contributed by atoms with Crippen LogP contribution >= 0.6 is 0 Å². The van der Waals surface area contributed by atoms with Crippen LogP contribution in [0.25, 0.3) is 0 Å². The SMILES string of the molecule is CCCC/C=C\C/C=C\CCCCCCCC(=O)N(CCCN(C)C)C(CCCCCCCC/C=C\C/C=C\CCCCC)CCCCCCCC/C=C\C/C=C\CCCCC. The van der Waals surface area contributed by atoms with Gasteiger partial charge in [-0.2, -0.15) is 0 Å². The van der Waals surface area contributed by atoms with E-state index in [1.807, 2.05) is 0 Å². The van der Waals surface area contributed by atoms with Gasteiger partial charge in [0.15, 0.2) is 0 Å². The molecular formula is C59H108N2O. The smallest absolute Gasteiger partial charge is 0.222 e. The van der Waals surface area contributed by atoms with Crippen LogP contribution in [0.3, 0.4) is 0 Å². The minimum Gasteiger partial charge on any atom is -0.340 e. The molecule has 3 heteroatoms. The molecule has 0 spiro atoms. The van der Waals surface area contributed by atoms with Crippen LogP contribution in [0.15, 0.2) is 72.9 Å². The highest BCUT2D eigenvalue weighted by atomic mass is 16.2. The third kappa shape index (κ3) is 45.9. The summed E-state index contributed by atoms with van der Waals surface area (Å²) < 4.78 is 0. The lowest BCUT2D eigenvalue weighted by atomic mass is 9.97. The highest BCUT2D eigenvalue weighted by molar-refractivity contribution is 5.76. The predicted octanol–water partition coefficient (Wildman–Crippen LogP) is 19.0. The monoisotopic (exact) mass is 861 g/mol. The van der Waals surface area contributed by atoms with Crippen LogP contribution < -0.4 is 0 Å². The Labute approximate surface area is 389 Å². The number of carbonyl (C=O) groups excluding carboxylic acids is 1. The molecule has 0 aromatic rings. The Balaban J connectivity index is 4.87. The molecule has 0 radical (unpaired) electrons. The Morgan fingerprint density at radius 1 is 0.355 bits per heavy atom. The molecule has 0 heterocycles. The van der Waals surface area contributed by atoms with Crippen molar-refractivity contribution in [2.75, 3.05) is 27.2 Å². The summed E-state index contributed by atoms with van der Waals surface area (Å²) in [5, 5.41) is 0. The fourth-order valence-corrected chi connectivity index (χ4v) is 8.30. The molecule has 0 saturated carbocycles. The average Bonchev–Trinajstić information content (AvgIpc) is 3.26. The lowest BCUT2D eigenvalue weighted by molar-refractivity contribution is -0.134. The minimum absolute atomic E-state index is 0.412. The molecular weight excluding hydrogens is 753 g/mol. The number of allylic oxidation sites excluding steroid dienone is 12. The van der Waals surface area contributed by atoms with Gasteiger partial charge in [0.2, 0.25) is 5.91 Å². The van der Waals surface area contributed by atoms with E-state index in [4.69, 9.17) is 0 Å². The summed E-state index contributed by atoms with van der Waals surface area (Å²) in [5.74, 6) is 0.434. The number of nitrogens with zero attached hydrogens (tertiary/aromatic N) is 2. The Morgan fingerprint density at radius 3 is 1.05 bits per heavy atom. The van der Waals surface area contributed by atoms with E-state index in [1.54, 1.807) is 0 Å². The minimum atomic E-state index is 0.412. The number of amides is 1. The lowest BCUT2D eigenvalue weighted by Gasteiger charge is -2.33. The van der Waals surface area contributed by atoms with Gasteiger partial charge in [-0.05, 0) is 136 Å². The maximum Gasteiger partial charge on any atom is 0.222 e. The quantitative estimate of drug-likeness (QED) is 0.0449. The molecule has 0 rings (SSSR count). The van der Waals surface area contributed by atoms with E-state index < -0.39 is 0 Å². The van der Waals surface area contributed by atoms with Gasteiger partial charge >= 0.3 is 0 Å². The molecule has 0 saturated heterocycles. The molecule has 0 atom stereocenters. The number of rotatable bonds is 48. The summed E-state index contributed by atoms with van der Waals surface area (Å²) >= 11 is 0. The Morgan fingerprint density at radius 2 is 0.677 bits per heavy atom. The van der Waals surface area contributed by atoms with Crippen molar-refractivity contribution in [1.29, 1.82) is 0 Å². The number of hydrogen-bond acceptors (Lipinski definition) is 2. The molecule has 0 aliphatic heterocycles. The first-order chi connectivity index (χ1) is 30.6. The van der Waals surface area contributed by atoms with E-state index in [-0.39, 0.29) is 0 Å². The molecule has 0 fully saturated rings. The maximum atomic E-state index is 14.0. The van der Waals surface area contributed by atoms with Crippen molar-refractivity contribution in [2.24, 2.45) is 0 Å². The molecule has 360 valence electrons. The Hall–Kier alpha value is -2.13. The van der Waals surface area contributed by atoms with Gasteiger partial charge < -0.3 is 9.80 Å². The fraction of sp³-hybridized carbons (Fsp3) is 0.780. The van der Waals surface area contributed by atoms with Gasteiger partial charge in [0.05, 0.1) is 0 Å². The van der Waals surface area contributed by atoms with Crippen LogP contribution in [-0.4, -0.2) is 48.9 Å². The summed E-state index contributed by atoms with van der Waals surface area (Å²) in [6.07, 6.45) is 75.4. The second-order valence-electron chi connectivity index (χ2n) is 18.8. The second kappa shape index (κ2) is 51.5. The summed E-state index contributed by atoms with van der Waals surface area (Å²) in [5.41, 5.74) is 0. The summed E-state index contributed by atoms with van der Waals surface area (Å²) in [6.45, 7) is 8.77. The molecule has 3 nitrogen and oxygen atoms in total. The average molecular weight is 862 g/mol. The standard InChI is InChI=1S/C59H108N2O/c1-6-9-12-15-18-21-24-27-30-32-34-37-40-43-46-49-53-58(54-50-47-44-41-38-35-33-31-28-25-22-19-16-13-10-7-2)61(57-52-56-60(4)5)59(62)55-51-48-45-42-39-36-29-26-23-20-17-14-11-8-3/h17-22,26-31,58H,6-16,23-25,32-57H2,1-5H3/b20-17-,21-18-,22-19-,29-26-,30-27-,31-28-. The highest BCUT2D eigenvalue weighted by Gasteiger charge is 2.22. The number of carbonyl (C=O) groups is 1. The van der Waals surface area contributed by atoms with E-state index in [0.29, 0.717) is 11.9 Å². The van der Waals surface area contributed by atoms with Crippen molar-refractivity contribution in [2.45, 2.75) is 271 Å². The third-order valence-electron chi connectivity index (χ3n) is 12.3. The normalized spacial score (nSPS) is 12.6. The zero-order valence-corrected chi connectivity index (χ0v) is 42.6. The van der Waals surface area contributed by atoms with Gasteiger partial charge in [-0.15, -0.1) is 0 Å². The maximum absolute atomic E-state index is 14.0. The van der Waals surface area contributed by atoms with Gasteiger partial charge in [0.25, 0.3) is 0 Å². The molecule has 62 heavy (non-hydrogen) atoms. The molecule has 0 aliphatic carbocycles. The van der Waals surface area contributed by atoms with Crippen LogP contribution in [0, 0.1) is 0 Å². The Kier molecular flexibility index (Phi) is 49.7. The van der Waals surface area contributed by atoms with Crippen molar-refractivity contribution in [1.82, 2.24) is 9.80 Å². The fourth-order valence-electron chi connectivity index (χ4n) is 8.30. The van der Waals surface area contributed by atoms with E-state index in [9.17, 15) is 4.79 Å². The van der Waals surface area contributed by atoms with Crippen molar-refractivity contribution < 1.29 is 4.79 Å². The number of hydrogen-bond donors (Lipinski definition) is 0. The van der Waals surface area contributed by atoms with Crippen LogP contribution in [0.2, 0.25) is 0 Å². The van der Waals surface area contributed by atoms with Crippen LogP contribution in [0.5, 0.6) is 0 Å². The van der Waals surface area contributed by atoms with Gasteiger partial charge in [-0.25, -0.2) is 0 Å². The lowest BCUT2D eigenvalue weighted by Crippen LogP contribution is -2.41. The van der Waals surface area contributed by atoms with Crippen molar-refractivity contribution >= 4 is 5.91 Å². The molecule has 0 aromatic heterocycles. The zero-order chi connectivity index (χ0) is 45.1. The first-order valence-corrected chi connectivity index (χ1v) is 27.4. The third-order valence-corrected chi connectivity index (χ3v) is 12.3. The molecule has 0 N–H and O–H groups in total. The molecule has 0 unspecified atom stereocenters. The molecule has 0 bridgehead atoms. The predicted molar refractivity (Wildman–Crippen MR) is 281 cm³/mol. The number of unbranched alkanes of at least 4 members (excludes halogenated alkanes) is 25. The topological polar surface area (TPSA) is 23.6 Å². The van der Waals surface area contributed by atoms with E-state index in [0.717, 1.165) is 51.6 Å². The van der Waals surface area contributed by atoms with Crippen molar-refractivity contribution in [3.05, 3.63) is 72.9 Å². The summed E-state index contributed by atoms with van der Waals surface area (Å²) in [4.78, 5) is 18.7. The van der Waals surface area contributed by atoms with Gasteiger partial charge in [0, 0.05) is 19.0 Å². The van der Waals surface area contributed by atoms with Crippen LogP contribution in [0.4, 0.5) is 0 Å². The first kappa shape index (κ1) is 59.9. The molecule has 0 aromatic carbocycles. The van der Waals surface area contributed by atoms with Crippen molar-refractivity contribution in [3.8, 4) is 0 Å². The van der Waals surface area contributed by atoms with E-state index in [1.165, 1.54) is 205 Å². The second-order valence-corrected chi connectivity index (χ2v) is 18.8. The highest BCUT2D eigenvalue weighted by Crippen LogP contribution is 2.22. The van der Waals surface area contributed by atoms with Crippen LogP contribution in [0.1, 0.15) is 265 Å². The zero-order valence-electron chi connectivity index (χ0n) is 42.6. The van der Waals surface area contributed by atoms with Gasteiger partial charge in [0.1, 0.15) is 0 Å². The largest absolute Gasteiger partial charge is 0.340 e. The van der Waals surface area contributed by atoms with E-state index >= 15 is 0 Å². The van der Waals surface area contributed by atoms with E-state index in [2.05, 4.69) is 118 Å². The van der Waals surface area contributed by atoms with Gasteiger partial charge in [-0.3, -0.25) is 4.79 Å². The molecule has 1 amide bonds.